The van der Waals surface area contributed by atoms with Crippen LogP contribution in [0.1, 0.15) is 34.1 Å². The Morgan fingerprint density at radius 3 is 2.41 bits per heavy atom. The third kappa shape index (κ3) is 3.99. The van der Waals surface area contributed by atoms with Crippen LogP contribution in [-0.4, -0.2) is 25.3 Å². The van der Waals surface area contributed by atoms with E-state index in [1.807, 2.05) is 102 Å². The number of aryl methyl sites for hydroxylation is 1. The summed E-state index contributed by atoms with van der Waals surface area (Å²) in [7, 11) is 0. The molecule has 0 saturated carbocycles. The van der Waals surface area contributed by atoms with Gasteiger partial charge in [0.05, 0.1) is 29.7 Å². The molecule has 0 unspecified atom stereocenters. The van der Waals surface area contributed by atoms with Crippen molar-refractivity contribution in [3.8, 4) is 11.5 Å². The van der Waals surface area contributed by atoms with Crippen LogP contribution in [-0.2, 0) is 6.54 Å². The number of hydrogen-bond acceptors (Lipinski definition) is 2. The SMILES string of the molecule is Cc1nn(-c2ccccc2)c2c1CN(C(=O)Nc1cccc(Cl)c1C)[C@@H](c1ccccc1)c1cccn1-2. The first-order chi connectivity index (χ1) is 18.0. The highest BCUT2D eigenvalue weighted by molar-refractivity contribution is 6.31. The molecule has 7 heteroatoms. The molecule has 1 aliphatic rings. The Morgan fingerprint density at radius 1 is 0.919 bits per heavy atom. The van der Waals surface area contributed by atoms with Crippen LogP contribution < -0.4 is 5.32 Å². The summed E-state index contributed by atoms with van der Waals surface area (Å²) in [4.78, 5) is 15.9. The van der Waals surface area contributed by atoms with Gasteiger partial charge in [0, 0.05) is 22.5 Å². The molecule has 3 aromatic carbocycles. The van der Waals surface area contributed by atoms with E-state index in [9.17, 15) is 4.79 Å². The van der Waals surface area contributed by atoms with Crippen LogP contribution in [0, 0.1) is 13.8 Å². The largest absolute Gasteiger partial charge is 0.322 e. The molecular formula is C30H26ClN5O. The first-order valence-electron chi connectivity index (χ1n) is 12.2. The Balaban J connectivity index is 1.53. The molecule has 1 N–H and O–H groups in total. The van der Waals surface area contributed by atoms with Gasteiger partial charge in [-0.1, -0.05) is 66.2 Å². The lowest BCUT2D eigenvalue weighted by Crippen LogP contribution is -2.38. The highest BCUT2D eigenvalue weighted by atomic mass is 35.5. The maximum Gasteiger partial charge on any atom is 0.322 e. The number of carbonyl (C=O) groups is 1. The molecule has 0 fully saturated rings. The van der Waals surface area contributed by atoms with Crippen LogP contribution in [0.3, 0.4) is 0 Å². The molecule has 2 aromatic heterocycles. The molecule has 3 heterocycles. The highest BCUT2D eigenvalue weighted by Gasteiger charge is 2.36. The molecule has 0 saturated heterocycles. The summed E-state index contributed by atoms with van der Waals surface area (Å²) in [5.74, 6) is 0.943. The lowest BCUT2D eigenvalue weighted by atomic mass is 10.0. The minimum absolute atomic E-state index is 0.202. The molecule has 5 aromatic rings. The summed E-state index contributed by atoms with van der Waals surface area (Å²) in [6.07, 6.45) is 2.05. The minimum Gasteiger partial charge on any atom is -0.307 e. The predicted molar refractivity (Wildman–Crippen MR) is 147 cm³/mol. The van der Waals surface area contributed by atoms with Crippen molar-refractivity contribution in [3.05, 3.63) is 130 Å². The zero-order chi connectivity index (χ0) is 25.5. The molecule has 1 atom stereocenters. The molecule has 37 heavy (non-hydrogen) atoms. The Labute approximate surface area is 220 Å². The van der Waals surface area contributed by atoms with Crippen molar-refractivity contribution in [1.82, 2.24) is 19.2 Å². The van der Waals surface area contributed by atoms with Crippen LogP contribution in [0.15, 0.2) is 97.2 Å². The summed E-state index contributed by atoms with van der Waals surface area (Å²) in [6.45, 7) is 4.30. The quantitative estimate of drug-likeness (QED) is 0.284. The standard InChI is InChI=1S/C30H26ClN5O/c1-20-25(31)15-9-16-26(20)32-30(37)35-19-24-21(2)33-36(23-13-7-4-8-14-23)29(24)34-18-10-17-27(34)28(35)22-11-5-3-6-12-22/h3-18,28H,19H2,1-2H3,(H,32,37)/t28-/m0/s1. The van der Waals surface area contributed by atoms with Gasteiger partial charge >= 0.3 is 6.03 Å². The number of nitrogens with zero attached hydrogens (tertiary/aromatic N) is 4. The van der Waals surface area contributed by atoms with Crippen LogP contribution >= 0.6 is 11.6 Å². The number of fused-ring (bicyclic) bond motifs is 3. The molecule has 184 valence electrons. The molecule has 0 spiro atoms. The van der Waals surface area contributed by atoms with Crippen LogP contribution in [0.2, 0.25) is 5.02 Å². The van der Waals surface area contributed by atoms with Gasteiger partial charge in [0.15, 0.2) is 0 Å². The third-order valence-electron chi connectivity index (χ3n) is 6.97. The Morgan fingerprint density at radius 2 is 1.65 bits per heavy atom. The van der Waals surface area contributed by atoms with Gasteiger partial charge in [-0.15, -0.1) is 0 Å². The Hall–Kier alpha value is -4.29. The fraction of sp³-hybridized carbons (Fsp3) is 0.133. The first kappa shape index (κ1) is 23.1. The van der Waals surface area contributed by atoms with Gasteiger partial charge in [-0.2, -0.15) is 5.10 Å². The number of halogens is 1. The summed E-state index contributed by atoms with van der Waals surface area (Å²) < 4.78 is 4.14. The van der Waals surface area contributed by atoms with Crippen molar-refractivity contribution in [1.29, 1.82) is 0 Å². The number of carbonyl (C=O) groups excluding carboxylic acids is 1. The lowest BCUT2D eigenvalue weighted by molar-refractivity contribution is 0.194. The molecular weight excluding hydrogens is 482 g/mol. The Kier molecular flexibility index (Phi) is 5.81. The fourth-order valence-electron chi connectivity index (χ4n) is 5.07. The van der Waals surface area contributed by atoms with E-state index in [2.05, 4.69) is 28.1 Å². The fourth-order valence-corrected chi connectivity index (χ4v) is 5.24. The third-order valence-corrected chi connectivity index (χ3v) is 7.38. The number of rotatable bonds is 3. The number of amides is 2. The molecule has 0 radical (unpaired) electrons. The maximum absolute atomic E-state index is 14.0. The van der Waals surface area contributed by atoms with Gasteiger partial charge in [-0.05, 0) is 61.4 Å². The highest BCUT2D eigenvalue weighted by Crippen LogP contribution is 2.39. The Bertz CT molecular complexity index is 1590. The molecule has 2 amide bonds. The zero-order valence-electron chi connectivity index (χ0n) is 20.6. The number of hydrogen-bond donors (Lipinski definition) is 1. The van der Waals surface area contributed by atoms with Crippen molar-refractivity contribution in [2.75, 3.05) is 5.32 Å². The average Bonchev–Trinajstić information content (AvgIpc) is 3.48. The number of anilines is 1. The topological polar surface area (TPSA) is 55.1 Å². The number of benzene rings is 3. The van der Waals surface area contributed by atoms with Gasteiger partial charge in [0.2, 0.25) is 0 Å². The van der Waals surface area contributed by atoms with E-state index >= 15 is 0 Å². The second-order valence-electron chi connectivity index (χ2n) is 9.22. The van der Waals surface area contributed by atoms with E-state index in [4.69, 9.17) is 16.7 Å². The van der Waals surface area contributed by atoms with E-state index < -0.39 is 0 Å². The van der Waals surface area contributed by atoms with Gasteiger partial charge < -0.3 is 14.8 Å². The van der Waals surface area contributed by atoms with Gasteiger partial charge in [-0.25, -0.2) is 9.48 Å². The smallest absolute Gasteiger partial charge is 0.307 e. The van der Waals surface area contributed by atoms with E-state index in [0.717, 1.165) is 39.6 Å². The summed E-state index contributed by atoms with van der Waals surface area (Å²) in [5.41, 5.74) is 6.39. The number of para-hydroxylation sites is 1. The molecule has 6 rings (SSSR count). The van der Waals surface area contributed by atoms with Crippen molar-refractivity contribution < 1.29 is 4.79 Å². The molecule has 0 aliphatic carbocycles. The van der Waals surface area contributed by atoms with Gasteiger partial charge in [-0.3, -0.25) is 0 Å². The molecule has 0 bridgehead atoms. The van der Waals surface area contributed by atoms with Crippen molar-refractivity contribution in [2.45, 2.75) is 26.4 Å². The predicted octanol–water partition coefficient (Wildman–Crippen LogP) is 7.07. The van der Waals surface area contributed by atoms with Crippen molar-refractivity contribution >= 4 is 23.3 Å². The first-order valence-corrected chi connectivity index (χ1v) is 12.6. The van der Waals surface area contributed by atoms with Crippen LogP contribution in [0.5, 0.6) is 0 Å². The van der Waals surface area contributed by atoms with Crippen LogP contribution in [0.25, 0.3) is 11.5 Å². The summed E-state index contributed by atoms with van der Waals surface area (Å²) in [5, 5.41) is 8.65. The van der Waals surface area contributed by atoms with Gasteiger partial charge in [0.25, 0.3) is 0 Å². The van der Waals surface area contributed by atoms with Crippen LogP contribution in [0.4, 0.5) is 10.5 Å². The van der Waals surface area contributed by atoms with E-state index in [1.54, 1.807) is 0 Å². The minimum atomic E-state index is -0.313. The second-order valence-corrected chi connectivity index (χ2v) is 9.63. The number of aromatic nitrogens is 3. The van der Waals surface area contributed by atoms with E-state index in [-0.39, 0.29) is 12.1 Å². The maximum atomic E-state index is 14.0. The monoisotopic (exact) mass is 507 g/mol. The van der Waals surface area contributed by atoms with Crippen molar-refractivity contribution in [3.63, 3.8) is 0 Å². The van der Waals surface area contributed by atoms with Crippen molar-refractivity contribution in [2.24, 2.45) is 0 Å². The second kappa shape index (κ2) is 9.30. The zero-order valence-corrected chi connectivity index (χ0v) is 21.4. The van der Waals surface area contributed by atoms with E-state index in [1.165, 1.54) is 0 Å². The summed E-state index contributed by atoms with van der Waals surface area (Å²) in [6, 6.07) is 29.4. The number of nitrogens with one attached hydrogen (secondary N) is 1. The summed E-state index contributed by atoms with van der Waals surface area (Å²) >= 11 is 6.36. The molecule has 6 nitrogen and oxygen atoms in total. The van der Waals surface area contributed by atoms with E-state index in [0.29, 0.717) is 17.3 Å². The molecule has 1 aliphatic heterocycles. The van der Waals surface area contributed by atoms with Gasteiger partial charge in [0.1, 0.15) is 5.82 Å². The normalized spacial score (nSPS) is 14.6. The number of urea groups is 1. The average molecular weight is 508 g/mol. The lowest BCUT2D eigenvalue weighted by Gasteiger charge is -2.31.